The van der Waals surface area contributed by atoms with Crippen LogP contribution in [0.2, 0.25) is 5.02 Å². The van der Waals surface area contributed by atoms with Crippen molar-refractivity contribution in [2.24, 2.45) is 0 Å². The van der Waals surface area contributed by atoms with Crippen LogP contribution in [-0.4, -0.2) is 30.8 Å². The second-order valence-electron chi connectivity index (χ2n) is 5.45. The lowest BCUT2D eigenvalue weighted by Gasteiger charge is -2.26. The second-order valence-corrected chi connectivity index (χ2v) is 7.85. The number of pyridine rings is 1. The van der Waals surface area contributed by atoms with E-state index in [1.54, 1.807) is 30.5 Å². The topological polar surface area (TPSA) is 50.3 Å². The van der Waals surface area contributed by atoms with E-state index in [1.807, 2.05) is 18.2 Å². The molecular weight excluding hydrogens is 332 g/mol. The Bertz CT molecular complexity index is 802. The van der Waals surface area contributed by atoms with Gasteiger partial charge in [0, 0.05) is 24.3 Å². The lowest BCUT2D eigenvalue weighted by atomic mass is 10.1. The van der Waals surface area contributed by atoms with Gasteiger partial charge in [0.2, 0.25) is 10.0 Å². The Morgan fingerprint density at radius 1 is 1.13 bits per heavy atom. The molecule has 120 valence electrons. The molecular formula is C17H17ClN2O2S. The molecule has 3 rings (SSSR count). The van der Waals surface area contributed by atoms with Gasteiger partial charge < -0.3 is 0 Å². The number of hydrogen-bond acceptors (Lipinski definition) is 3. The van der Waals surface area contributed by atoms with E-state index in [1.165, 1.54) is 4.31 Å². The minimum absolute atomic E-state index is 0.0142. The molecule has 1 aromatic carbocycles. The summed E-state index contributed by atoms with van der Waals surface area (Å²) in [5.74, 6) is -0.0142. The normalized spacial score (nSPS) is 16.1. The van der Waals surface area contributed by atoms with Gasteiger partial charge in [0.25, 0.3) is 0 Å². The zero-order valence-electron chi connectivity index (χ0n) is 12.5. The van der Waals surface area contributed by atoms with Gasteiger partial charge in [0.05, 0.1) is 11.4 Å². The summed E-state index contributed by atoms with van der Waals surface area (Å²) in [6.07, 6.45) is 4.49. The average molecular weight is 349 g/mol. The smallest absolute Gasteiger partial charge is 0.218 e. The minimum atomic E-state index is -3.37. The van der Waals surface area contributed by atoms with Crippen molar-refractivity contribution in [3.05, 3.63) is 71.0 Å². The zero-order valence-corrected chi connectivity index (χ0v) is 14.1. The Labute approximate surface area is 141 Å². The molecule has 2 heterocycles. The van der Waals surface area contributed by atoms with Crippen molar-refractivity contribution in [3.63, 3.8) is 0 Å². The first-order valence-electron chi connectivity index (χ1n) is 7.37. The molecule has 0 atom stereocenters. The fraction of sp³-hybridized carbons (Fsp3) is 0.235. The van der Waals surface area contributed by atoms with Crippen LogP contribution in [0.25, 0.3) is 5.57 Å². The second kappa shape index (κ2) is 6.83. The summed E-state index contributed by atoms with van der Waals surface area (Å²) in [6.45, 7) is 0.874. The van der Waals surface area contributed by atoms with Crippen LogP contribution in [0, 0.1) is 0 Å². The maximum Gasteiger partial charge on any atom is 0.218 e. The predicted octanol–water partition coefficient (Wildman–Crippen LogP) is 3.35. The fourth-order valence-corrected chi connectivity index (χ4v) is 4.22. The van der Waals surface area contributed by atoms with Gasteiger partial charge in [-0.25, -0.2) is 8.42 Å². The quantitative estimate of drug-likeness (QED) is 0.851. The highest BCUT2D eigenvalue weighted by atomic mass is 35.5. The van der Waals surface area contributed by atoms with Crippen molar-refractivity contribution in [1.82, 2.24) is 9.29 Å². The average Bonchev–Trinajstić information content (AvgIpc) is 2.58. The van der Waals surface area contributed by atoms with Gasteiger partial charge in [0.15, 0.2) is 0 Å². The van der Waals surface area contributed by atoms with Crippen LogP contribution < -0.4 is 0 Å². The first-order chi connectivity index (χ1) is 11.0. The summed E-state index contributed by atoms with van der Waals surface area (Å²) in [6, 6.07) is 12.6. The molecule has 1 aromatic heterocycles. The zero-order chi connectivity index (χ0) is 16.3. The van der Waals surface area contributed by atoms with Gasteiger partial charge in [-0.2, -0.15) is 4.31 Å². The van der Waals surface area contributed by atoms with Gasteiger partial charge in [-0.05, 0) is 41.8 Å². The molecule has 0 bridgehead atoms. The molecule has 0 saturated heterocycles. The summed E-state index contributed by atoms with van der Waals surface area (Å²) >= 11 is 5.84. The highest BCUT2D eigenvalue weighted by Crippen LogP contribution is 2.23. The van der Waals surface area contributed by atoms with Gasteiger partial charge in [-0.15, -0.1) is 0 Å². The summed E-state index contributed by atoms with van der Waals surface area (Å²) < 4.78 is 26.9. The van der Waals surface area contributed by atoms with Crippen LogP contribution in [0.1, 0.15) is 17.7 Å². The highest BCUT2D eigenvalue weighted by Gasteiger charge is 2.26. The van der Waals surface area contributed by atoms with Gasteiger partial charge in [-0.3, -0.25) is 4.98 Å². The molecule has 0 amide bonds. The van der Waals surface area contributed by atoms with Crippen molar-refractivity contribution < 1.29 is 8.42 Å². The van der Waals surface area contributed by atoms with E-state index in [2.05, 4.69) is 11.1 Å². The SMILES string of the molecule is O=S(=O)(Cc1ccc(Cl)cc1)N1CCC=C(c2ccccn2)C1. The van der Waals surface area contributed by atoms with Crippen molar-refractivity contribution in [1.29, 1.82) is 0 Å². The number of halogens is 1. The number of nitrogens with zero attached hydrogens (tertiary/aromatic N) is 2. The summed E-state index contributed by atoms with van der Waals surface area (Å²) in [4.78, 5) is 4.31. The lowest BCUT2D eigenvalue weighted by Crippen LogP contribution is -2.36. The summed E-state index contributed by atoms with van der Waals surface area (Å²) in [5.41, 5.74) is 2.53. The molecule has 2 aromatic rings. The molecule has 0 saturated carbocycles. The Morgan fingerprint density at radius 3 is 2.61 bits per heavy atom. The van der Waals surface area contributed by atoms with E-state index in [0.29, 0.717) is 24.5 Å². The first-order valence-corrected chi connectivity index (χ1v) is 9.36. The summed E-state index contributed by atoms with van der Waals surface area (Å²) in [7, 11) is -3.37. The van der Waals surface area contributed by atoms with E-state index < -0.39 is 10.0 Å². The van der Waals surface area contributed by atoms with Gasteiger partial charge in [0.1, 0.15) is 0 Å². The minimum Gasteiger partial charge on any atom is -0.257 e. The van der Waals surface area contributed by atoms with Crippen LogP contribution in [-0.2, 0) is 15.8 Å². The van der Waals surface area contributed by atoms with E-state index in [0.717, 1.165) is 16.8 Å². The molecule has 0 spiro atoms. The third-order valence-corrected chi connectivity index (χ3v) is 5.81. The Hall–Kier alpha value is -1.69. The maximum absolute atomic E-state index is 12.7. The largest absolute Gasteiger partial charge is 0.257 e. The van der Waals surface area contributed by atoms with Crippen molar-refractivity contribution in [3.8, 4) is 0 Å². The monoisotopic (exact) mass is 348 g/mol. The number of benzene rings is 1. The number of aromatic nitrogens is 1. The van der Waals surface area contributed by atoms with Crippen LogP contribution in [0.3, 0.4) is 0 Å². The molecule has 0 radical (unpaired) electrons. The summed E-state index contributed by atoms with van der Waals surface area (Å²) in [5, 5.41) is 0.601. The van der Waals surface area contributed by atoms with Crippen LogP contribution in [0.15, 0.2) is 54.7 Å². The molecule has 0 unspecified atom stereocenters. The van der Waals surface area contributed by atoms with E-state index in [-0.39, 0.29) is 5.75 Å². The van der Waals surface area contributed by atoms with Crippen molar-refractivity contribution >= 4 is 27.2 Å². The number of rotatable bonds is 4. The first kappa shape index (κ1) is 16.2. The molecule has 0 aliphatic carbocycles. The highest BCUT2D eigenvalue weighted by molar-refractivity contribution is 7.88. The van der Waals surface area contributed by atoms with Gasteiger partial charge >= 0.3 is 0 Å². The van der Waals surface area contributed by atoms with E-state index in [9.17, 15) is 8.42 Å². The fourth-order valence-electron chi connectivity index (χ4n) is 2.57. The van der Waals surface area contributed by atoms with E-state index >= 15 is 0 Å². The maximum atomic E-state index is 12.7. The molecule has 0 N–H and O–H groups in total. The van der Waals surface area contributed by atoms with Crippen molar-refractivity contribution in [2.75, 3.05) is 13.1 Å². The third kappa shape index (κ3) is 3.99. The molecule has 4 nitrogen and oxygen atoms in total. The number of sulfonamides is 1. The molecule has 1 aliphatic rings. The predicted molar refractivity (Wildman–Crippen MR) is 92.5 cm³/mol. The molecule has 1 aliphatic heterocycles. The van der Waals surface area contributed by atoms with Crippen LogP contribution >= 0.6 is 11.6 Å². The van der Waals surface area contributed by atoms with Crippen LogP contribution in [0.5, 0.6) is 0 Å². The Kier molecular flexibility index (Phi) is 4.80. The lowest BCUT2D eigenvalue weighted by molar-refractivity contribution is 0.442. The van der Waals surface area contributed by atoms with Gasteiger partial charge in [-0.1, -0.05) is 35.9 Å². The van der Waals surface area contributed by atoms with Crippen LogP contribution in [0.4, 0.5) is 0 Å². The molecule has 0 fully saturated rings. The molecule has 6 heteroatoms. The van der Waals surface area contributed by atoms with Crippen molar-refractivity contribution in [2.45, 2.75) is 12.2 Å². The standard InChI is InChI=1S/C17H17ClN2O2S/c18-16-8-6-14(7-9-16)13-23(21,22)20-11-3-4-15(12-20)17-5-1-2-10-19-17/h1-2,4-10H,3,11-13H2. The van der Waals surface area contributed by atoms with E-state index in [4.69, 9.17) is 11.6 Å². The third-order valence-electron chi connectivity index (χ3n) is 3.77. The molecule has 23 heavy (non-hydrogen) atoms. The Morgan fingerprint density at radius 2 is 1.91 bits per heavy atom. The number of hydrogen-bond donors (Lipinski definition) is 0. The Balaban J connectivity index is 1.76.